The maximum Gasteiger partial charge on any atom is 0.0408 e. The van der Waals surface area contributed by atoms with Gasteiger partial charge in [0.25, 0.3) is 0 Å². The zero-order valence-corrected chi connectivity index (χ0v) is 9.22. The minimum Gasteiger partial charge on any atom is -0.314 e. The average Bonchev–Trinajstić information content (AvgIpc) is 2.10. The van der Waals surface area contributed by atoms with E-state index in [1.807, 2.05) is 12.1 Å². The molecule has 2 heteroatoms. The number of benzene rings is 1. The van der Waals surface area contributed by atoms with Crippen LogP contribution >= 0.6 is 11.6 Å². The van der Waals surface area contributed by atoms with Crippen LogP contribution in [0.1, 0.15) is 31.2 Å². The van der Waals surface area contributed by atoms with Crippen LogP contribution in [0.15, 0.2) is 24.3 Å². The van der Waals surface area contributed by atoms with Gasteiger partial charge in [0.05, 0.1) is 0 Å². The van der Waals surface area contributed by atoms with Gasteiger partial charge in [0.2, 0.25) is 0 Å². The van der Waals surface area contributed by atoms with Crippen LogP contribution in [0.4, 0.5) is 0 Å². The van der Waals surface area contributed by atoms with Crippen molar-refractivity contribution in [2.45, 2.75) is 31.7 Å². The minimum absolute atomic E-state index is 0.720. The molecule has 0 radical (unpaired) electrons. The average molecular weight is 210 g/mol. The minimum atomic E-state index is 0.720. The molecule has 0 saturated heterocycles. The Morgan fingerprint density at radius 3 is 2.86 bits per heavy atom. The fraction of sp³-hybridized carbons (Fsp3) is 0.500. The van der Waals surface area contributed by atoms with Crippen LogP contribution in [0.25, 0.3) is 0 Å². The van der Waals surface area contributed by atoms with Crippen LogP contribution in [0.2, 0.25) is 5.02 Å². The van der Waals surface area contributed by atoms with E-state index in [0.29, 0.717) is 0 Å². The van der Waals surface area contributed by atoms with Crippen molar-refractivity contribution in [3.63, 3.8) is 0 Å². The highest BCUT2D eigenvalue weighted by Crippen LogP contribution is 2.37. The molecule has 1 aliphatic carbocycles. The Morgan fingerprint density at radius 2 is 2.21 bits per heavy atom. The Morgan fingerprint density at radius 1 is 1.43 bits per heavy atom. The first-order valence-corrected chi connectivity index (χ1v) is 5.66. The van der Waals surface area contributed by atoms with Crippen LogP contribution in [0.5, 0.6) is 0 Å². The number of nitrogens with one attached hydrogen (secondary N) is 1. The van der Waals surface area contributed by atoms with E-state index in [4.69, 9.17) is 11.6 Å². The van der Waals surface area contributed by atoms with Crippen LogP contribution in [-0.2, 0) is 0 Å². The van der Waals surface area contributed by atoms with Crippen molar-refractivity contribution in [2.24, 2.45) is 0 Å². The molecule has 1 saturated carbocycles. The summed E-state index contributed by atoms with van der Waals surface area (Å²) in [6.45, 7) is 3.24. The summed E-state index contributed by atoms with van der Waals surface area (Å²) in [4.78, 5) is 0. The summed E-state index contributed by atoms with van der Waals surface area (Å²) in [5, 5.41) is 4.32. The molecular formula is C12H16ClN. The summed E-state index contributed by atoms with van der Waals surface area (Å²) in [6, 6.07) is 8.97. The molecule has 0 bridgehead atoms. The normalized spacial score (nSPS) is 25.9. The van der Waals surface area contributed by atoms with Crippen molar-refractivity contribution in [3.8, 4) is 0 Å². The third kappa shape index (κ3) is 2.10. The summed E-state index contributed by atoms with van der Waals surface area (Å²) in [7, 11) is 0. The molecule has 1 aliphatic rings. The molecule has 0 atom stereocenters. The van der Waals surface area contributed by atoms with Gasteiger partial charge in [-0.05, 0) is 43.0 Å². The van der Waals surface area contributed by atoms with E-state index in [1.165, 1.54) is 18.4 Å². The van der Waals surface area contributed by atoms with Gasteiger partial charge in [0.15, 0.2) is 0 Å². The molecule has 0 spiro atoms. The Hall–Kier alpha value is -0.530. The zero-order chi connectivity index (χ0) is 9.97. The van der Waals surface area contributed by atoms with Gasteiger partial charge in [-0.2, -0.15) is 0 Å². The van der Waals surface area contributed by atoms with Crippen LogP contribution in [0.3, 0.4) is 0 Å². The quantitative estimate of drug-likeness (QED) is 0.807. The molecule has 1 nitrogen and oxygen atoms in total. The Labute approximate surface area is 90.5 Å². The van der Waals surface area contributed by atoms with Gasteiger partial charge < -0.3 is 5.32 Å². The molecule has 14 heavy (non-hydrogen) atoms. The second-order valence-corrected chi connectivity index (χ2v) is 4.41. The van der Waals surface area contributed by atoms with E-state index in [-0.39, 0.29) is 0 Å². The molecular weight excluding hydrogens is 194 g/mol. The van der Waals surface area contributed by atoms with Crippen molar-refractivity contribution in [1.29, 1.82) is 0 Å². The summed E-state index contributed by atoms with van der Waals surface area (Å²) < 4.78 is 0. The number of hydrogen-bond acceptors (Lipinski definition) is 1. The first-order chi connectivity index (χ1) is 6.79. The van der Waals surface area contributed by atoms with Crippen LogP contribution in [-0.4, -0.2) is 12.6 Å². The molecule has 76 valence electrons. The van der Waals surface area contributed by atoms with Crippen molar-refractivity contribution in [3.05, 3.63) is 34.9 Å². The van der Waals surface area contributed by atoms with Crippen molar-refractivity contribution < 1.29 is 0 Å². The van der Waals surface area contributed by atoms with Gasteiger partial charge in [-0.1, -0.05) is 30.7 Å². The molecule has 1 aromatic carbocycles. The van der Waals surface area contributed by atoms with Gasteiger partial charge in [0, 0.05) is 11.1 Å². The lowest BCUT2D eigenvalue weighted by Gasteiger charge is -2.36. The van der Waals surface area contributed by atoms with Crippen molar-refractivity contribution in [1.82, 2.24) is 5.32 Å². The molecule has 0 heterocycles. The number of rotatable bonds is 3. The van der Waals surface area contributed by atoms with E-state index in [9.17, 15) is 0 Å². The number of halogens is 1. The maximum atomic E-state index is 5.95. The van der Waals surface area contributed by atoms with Gasteiger partial charge in [-0.15, -0.1) is 0 Å². The lowest BCUT2D eigenvalue weighted by molar-refractivity contribution is 0.296. The summed E-state index contributed by atoms with van der Waals surface area (Å²) in [6.07, 6.45) is 2.52. The van der Waals surface area contributed by atoms with Crippen molar-refractivity contribution in [2.75, 3.05) is 6.54 Å². The van der Waals surface area contributed by atoms with Crippen molar-refractivity contribution >= 4 is 11.6 Å². The highest BCUT2D eigenvalue weighted by molar-refractivity contribution is 6.30. The molecule has 0 unspecified atom stereocenters. The second kappa shape index (κ2) is 4.33. The lowest BCUT2D eigenvalue weighted by Crippen LogP contribution is -2.39. The molecule has 0 aliphatic heterocycles. The molecule has 2 rings (SSSR count). The van der Waals surface area contributed by atoms with Crippen LogP contribution in [0, 0.1) is 0 Å². The molecule has 0 amide bonds. The van der Waals surface area contributed by atoms with E-state index in [1.54, 1.807) is 0 Å². The fourth-order valence-corrected chi connectivity index (χ4v) is 2.30. The summed E-state index contributed by atoms with van der Waals surface area (Å²) >= 11 is 5.95. The van der Waals surface area contributed by atoms with Gasteiger partial charge in [-0.25, -0.2) is 0 Å². The topological polar surface area (TPSA) is 12.0 Å². The van der Waals surface area contributed by atoms with Gasteiger partial charge >= 0.3 is 0 Å². The van der Waals surface area contributed by atoms with E-state index < -0.39 is 0 Å². The third-order valence-electron chi connectivity index (χ3n) is 2.95. The predicted molar refractivity (Wildman–Crippen MR) is 60.9 cm³/mol. The Bertz CT molecular complexity index is 305. The van der Waals surface area contributed by atoms with E-state index in [0.717, 1.165) is 23.5 Å². The maximum absolute atomic E-state index is 5.95. The summed E-state index contributed by atoms with van der Waals surface area (Å²) in [5.74, 6) is 0.720. The number of hydrogen-bond donors (Lipinski definition) is 1. The molecule has 1 N–H and O–H groups in total. The highest BCUT2D eigenvalue weighted by atomic mass is 35.5. The van der Waals surface area contributed by atoms with Gasteiger partial charge in [0.1, 0.15) is 0 Å². The van der Waals surface area contributed by atoms with E-state index in [2.05, 4.69) is 24.4 Å². The largest absolute Gasteiger partial charge is 0.314 e. The monoisotopic (exact) mass is 209 g/mol. The Balaban J connectivity index is 1.93. The first-order valence-electron chi connectivity index (χ1n) is 5.28. The van der Waals surface area contributed by atoms with E-state index >= 15 is 0 Å². The Kier molecular flexibility index (Phi) is 3.09. The second-order valence-electron chi connectivity index (χ2n) is 3.98. The smallest absolute Gasteiger partial charge is 0.0408 e. The summed E-state index contributed by atoms with van der Waals surface area (Å²) in [5.41, 5.74) is 1.40. The lowest BCUT2D eigenvalue weighted by atomic mass is 9.76. The molecule has 1 aromatic rings. The third-order valence-corrected chi connectivity index (χ3v) is 3.19. The van der Waals surface area contributed by atoms with Crippen LogP contribution < -0.4 is 5.32 Å². The standard InChI is InChI=1S/C12H16ClN/c1-2-14-12-7-10(8-12)9-4-3-5-11(13)6-9/h3-6,10,12,14H,2,7-8H2,1H3. The van der Waals surface area contributed by atoms with Gasteiger partial charge in [-0.3, -0.25) is 0 Å². The first kappa shape index (κ1) is 10.0. The molecule has 1 fully saturated rings. The molecule has 0 aromatic heterocycles. The predicted octanol–water partition coefficient (Wildman–Crippen LogP) is 3.20. The fourth-order valence-electron chi connectivity index (χ4n) is 2.11. The highest BCUT2D eigenvalue weighted by Gasteiger charge is 2.29. The SMILES string of the molecule is CCNC1CC(c2cccc(Cl)c2)C1. The zero-order valence-electron chi connectivity index (χ0n) is 8.46.